The smallest absolute Gasteiger partial charge is 0.136 e. The van der Waals surface area contributed by atoms with Gasteiger partial charge in [0.1, 0.15) is 11.2 Å². The maximum atomic E-state index is 6.23. The fourth-order valence-corrected chi connectivity index (χ4v) is 9.00. The average molecular weight is 727 g/mol. The Labute approximate surface area is 329 Å². The van der Waals surface area contributed by atoms with Crippen molar-refractivity contribution < 1.29 is 4.42 Å². The number of fused-ring (bicyclic) bond motifs is 9. The van der Waals surface area contributed by atoms with Crippen LogP contribution in [0.3, 0.4) is 0 Å². The van der Waals surface area contributed by atoms with Crippen LogP contribution >= 0.6 is 0 Å². The zero-order valence-electron chi connectivity index (χ0n) is 30.9. The van der Waals surface area contributed by atoms with E-state index < -0.39 is 0 Å². The zero-order valence-corrected chi connectivity index (χ0v) is 30.9. The van der Waals surface area contributed by atoms with Gasteiger partial charge in [0.15, 0.2) is 0 Å². The number of furan rings is 1. The summed E-state index contributed by atoms with van der Waals surface area (Å²) >= 11 is 0. The molecule has 0 saturated carbocycles. The van der Waals surface area contributed by atoms with Crippen LogP contribution in [0.25, 0.3) is 93.4 Å². The zero-order chi connectivity index (χ0) is 37.5. The highest BCUT2D eigenvalue weighted by atomic mass is 16.3. The monoisotopic (exact) mass is 726 g/mol. The van der Waals surface area contributed by atoms with Crippen molar-refractivity contribution in [3.05, 3.63) is 206 Å². The lowest BCUT2D eigenvalue weighted by Crippen LogP contribution is -2.09. The van der Waals surface area contributed by atoms with Crippen LogP contribution < -0.4 is 4.90 Å². The van der Waals surface area contributed by atoms with Crippen LogP contribution in [-0.4, -0.2) is 4.40 Å². The van der Waals surface area contributed by atoms with E-state index in [1.165, 1.54) is 60.3 Å². The van der Waals surface area contributed by atoms with Gasteiger partial charge in [-0.05, 0) is 106 Å². The van der Waals surface area contributed by atoms with Crippen LogP contribution in [0, 0.1) is 0 Å². The highest BCUT2D eigenvalue weighted by molar-refractivity contribution is 6.23. The predicted molar refractivity (Wildman–Crippen MR) is 239 cm³/mol. The topological polar surface area (TPSA) is 20.8 Å². The van der Waals surface area contributed by atoms with Gasteiger partial charge in [0.25, 0.3) is 0 Å². The minimum atomic E-state index is 0.904. The van der Waals surface area contributed by atoms with Crippen LogP contribution in [0.15, 0.2) is 211 Å². The first-order valence-electron chi connectivity index (χ1n) is 19.5. The summed E-state index contributed by atoms with van der Waals surface area (Å²) in [4.78, 5) is 2.34. The molecule has 9 aromatic carbocycles. The number of aromatic nitrogens is 1. The molecular weight excluding hydrogens is 693 g/mol. The highest BCUT2D eigenvalue weighted by Gasteiger charge is 2.18. The molecule has 266 valence electrons. The van der Waals surface area contributed by atoms with Gasteiger partial charge < -0.3 is 13.7 Å². The molecular formula is C54H34N2O. The van der Waals surface area contributed by atoms with E-state index in [0.717, 1.165) is 50.1 Å². The molecule has 3 nitrogen and oxygen atoms in total. The fourth-order valence-electron chi connectivity index (χ4n) is 9.00. The van der Waals surface area contributed by atoms with Gasteiger partial charge in [-0.3, -0.25) is 0 Å². The Morgan fingerprint density at radius 3 is 1.47 bits per heavy atom. The second-order valence-corrected chi connectivity index (χ2v) is 14.9. The standard InChI is InChI=1S/C54H34N2O/c1-2-9-35(10-3-1)36-17-25-41(26-18-36)55(43-29-21-38(22-30-43)40-23-31-46-45-12-5-7-16-52(45)57-53(46)34-40)42-27-19-37(20-28-42)39-24-32-51-49(33-39)48-14-8-13-47-44-11-4-6-15-50(44)56(51)54(47)48/h1-34H. The molecule has 0 fully saturated rings. The summed E-state index contributed by atoms with van der Waals surface area (Å²) < 4.78 is 8.66. The van der Waals surface area contributed by atoms with E-state index in [1.807, 2.05) is 12.1 Å². The Bertz CT molecular complexity index is 3430. The molecule has 0 N–H and O–H groups in total. The molecule has 12 aromatic rings. The predicted octanol–water partition coefficient (Wildman–Crippen LogP) is 15.2. The van der Waals surface area contributed by atoms with E-state index in [4.69, 9.17) is 4.42 Å². The number of para-hydroxylation sites is 3. The Morgan fingerprint density at radius 2 is 0.772 bits per heavy atom. The minimum absolute atomic E-state index is 0.904. The molecule has 0 radical (unpaired) electrons. The average Bonchev–Trinajstić information content (AvgIpc) is 3.94. The fraction of sp³-hybridized carbons (Fsp3) is 0. The summed E-state index contributed by atoms with van der Waals surface area (Å²) in [5.41, 5.74) is 16.0. The Morgan fingerprint density at radius 1 is 0.298 bits per heavy atom. The number of benzene rings is 9. The van der Waals surface area contributed by atoms with Gasteiger partial charge in [0.2, 0.25) is 0 Å². The number of hydrogen-bond acceptors (Lipinski definition) is 2. The molecule has 0 aliphatic carbocycles. The molecule has 0 unspecified atom stereocenters. The van der Waals surface area contributed by atoms with Crippen molar-refractivity contribution >= 4 is 77.1 Å². The number of hydrogen-bond donors (Lipinski definition) is 0. The molecule has 0 aliphatic rings. The Hall–Kier alpha value is -7.62. The van der Waals surface area contributed by atoms with Gasteiger partial charge in [0.05, 0.1) is 16.6 Å². The summed E-state index contributed by atoms with van der Waals surface area (Å²) in [5.74, 6) is 0. The first-order valence-corrected chi connectivity index (χ1v) is 19.5. The van der Waals surface area contributed by atoms with E-state index in [1.54, 1.807) is 0 Å². The molecule has 3 heteroatoms. The molecule has 0 amide bonds. The normalized spacial score (nSPS) is 11.9. The minimum Gasteiger partial charge on any atom is -0.456 e. The van der Waals surface area contributed by atoms with Crippen molar-refractivity contribution in [2.45, 2.75) is 0 Å². The van der Waals surface area contributed by atoms with Crippen LogP contribution in [0.5, 0.6) is 0 Å². The van der Waals surface area contributed by atoms with E-state index in [2.05, 4.69) is 203 Å². The van der Waals surface area contributed by atoms with Crippen molar-refractivity contribution in [2.75, 3.05) is 4.90 Å². The van der Waals surface area contributed by atoms with Crippen LogP contribution in [0.2, 0.25) is 0 Å². The first kappa shape index (κ1) is 31.7. The third-order valence-electron chi connectivity index (χ3n) is 11.8. The van der Waals surface area contributed by atoms with E-state index >= 15 is 0 Å². The van der Waals surface area contributed by atoms with Gasteiger partial charge in [-0.1, -0.05) is 133 Å². The summed E-state index contributed by atoms with van der Waals surface area (Å²) in [7, 11) is 0. The Balaban J connectivity index is 0.925. The number of rotatable bonds is 6. The summed E-state index contributed by atoms with van der Waals surface area (Å²) in [6, 6.07) is 74.4. The molecule has 0 saturated heterocycles. The van der Waals surface area contributed by atoms with Gasteiger partial charge in [-0.15, -0.1) is 0 Å². The maximum absolute atomic E-state index is 6.23. The van der Waals surface area contributed by atoms with Crippen molar-refractivity contribution in [3.8, 4) is 33.4 Å². The van der Waals surface area contributed by atoms with E-state index in [0.29, 0.717) is 0 Å². The van der Waals surface area contributed by atoms with Crippen LogP contribution in [-0.2, 0) is 0 Å². The number of nitrogens with zero attached hydrogens (tertiary/aromatic N) is 2. The van der Waals surface area contributed by atoms with Crippen molar-refractivity contribution in [1.82, 2.24) is 4.40 Å². The summed E-state index contributed by atoms with van der Waals surface area (Å²) in [6.07, 6.45) is 0. The van der Waals surface area contributed by atoms with E-state index in [-0.39, 0.29) is 0 Å². The summed E-state index contributed by atoms with van der Waals surface area (Å²) in [6.45, 7) is 0. The molecule has 0 atom stereocenters. The molecule has 0 spiro atoms. The van der Waals surface area contributed by atoms with Gasteiger partial charge in [-0.25, -0.2) is 0 Å². The van der Waals surface area contributed by atoms with Crippen LogP contribution in [0.1, 0.15) is 0 Å². The molecule has 57 heavy (non-hydrogen) atoms. The van der Waals surface area contributed by atoms with Gasteiger partial charge in [-0.2, -0.15) is 0 Å². The van der Waals surface area contributed by atoms with Crippen molar-refractivity contribution in [3.63, 3.8) is 0 Å². The molecule has 3 aromatic heterocycles. The van der Waals surface area contributed by atoms with Gasteiger partial charge >= 0.3 is 0 Å². The lowest BCUT2D eigenvalue weighted by molar-refractivity contribution is 0.669. The molecule has 0 bridgehead atoms. The highest BCUT2D eigenvalue weighted by Crippen LogP contribution is 2.42. The molecule has 0 aliphatic heterocycles. The SMILES string of the molecule is c1ccc(-c2ccc(N(c3ccc(-c4ccc5c(c4)oc4ccccc45)cc3)c3ccc(-c4ccc5c(c4)c4cccc6c7ccccc7n5c64)cc3)cc2)cc1. The van der Waals surface area contributed by atoms with E-state index in [9.17, 15) is 0 Å². The summed E-state index contributed by atoms with van der Waals surface area (Å²) in [5, 5.41) is 7.47. The third kappa shape index (κ3) is 4.99. The molecule has 12 rings (SSSR count). The number of anilines is 3. The largest absolute Gasteiger partial charge is 0.456 e. The molecule has 3 heterocycles. The van der Waals surface area contributed by atoms with Crippen LogP contribution in [0.4, 0.5) is 17.1 Å². The second kappa shape index (κ2) is 12.5. The first-order chi connectivity index (χ1) is 28.2. The Kier molecular flexibility index (Phi) is 6.93. The lowest BCUT2D eigenvalue weighted by Gasteiger charge is -2.26. The quantitative estimate of drug-likeness (QED) is 0.170. The van der Waals surface area contributed by atoms with Crippen molar-refractivity contribution in [1.29, 1.82) is 0 Å². The third-order valence-corrected chi connectivity index (χ3v) is 11.8. The van der Waals surface area contributed by atoms with Crippen molar-refractivity contribution in [2.24, 2.45) is 0 Å². The lowest BCUT2D eigenvalue weighted by atomic mass is 10.0. The second-order valence-electron chi connectivity index (χ2n) is 14.9. The maximum Gasteiger partial charge on any atom is 0.136 e. The van der Waals surface area contributed by atoms with Gasteiger partial charge in [0, 0.05) is 49.4 Å².